The van der Waals surface area contributed by atoms with Gasteiger partial charge in [-0.3, -0.25) is 0 Å². The first kappa shape index (κ1) is 24.5. The Bertz CT molecular complexity index is 456. The maximum absolute atomic E-state index is 2.71. The van der Waals surface area contributed by atoms with Crippen LogP contribution in [0.4, 0.5) is 0 Å². The zero-order valence-corrected chi connectivity index (χ0v) is 22.8. The van der Waals surface area contributed by atoms with Crippen molar-refractivity contribution >= 4 is 15.8 Å². The summed E-state index contributed by atoms with van der Waals surface area (Å²) in [5.74, 6) is 1.04. The van der Waals surface area contributed by atoms with E-state index in [0.717, 1.165) is 28.6 Å². The minimum absolute atomic E-state index is 0.00912. The minimum Gasteiger partial charge on any atom is -0.0968 e. The highest BCUT2D eigenvalue weighted by Crippen LogP contribution is 2.70. The molecule has 29 heavy (non-hydrogen) atoms. The second kappa shape index (κ2) is 10.2. The molecule has 3 aliphatic rings. The van der Waals surface area contributed by atoms with Gasteiger partial charge in [0, 0.05) is 0 Å². The highest BCUT2D eigenvalue weighted by atomic mass is 31.1. The Labute approximate surface area is 186 Å². The van der Waals surface area contributed by atoms with Gasteiger partial charge in [-0.15, -0.1) is 0 Å². The SMILES string of the molecule is C[C@@H]([C@H]1CCCC1P(C1CCCCC1)C1CCCCC1)P(C(C)(C)C)C(C)(C)C. The summed E-state index contributed by atoms with van der Waals surface area (Å²) in [5.41, 5.74) is 4.32. The van der Waals surface area contributed by atoms with Gasteiger partial charge in [-0.2, -0.15) is 0 Å². The Morgan fingerprint density at radius 2 is 1.03 bits per heavy atom. The molecule has 0 radical (unpaired) electrons. The van der Waals surface area contributed by atoms with Gasteiger partial charge in [0.1, 0.15) is 0 Å². The molecule has 3 aliphatic carbocycles. The van der Waals surface area contributed by atoms with Gasteiger partial charge in [-0.1, -0.05) is 109 Å². The zero-order chi connectivity index (χ0) is 21.2. The molecule has 0 heterocycles. The first-order valence-electron chi connectivity index (χ1n) is 13.2. The summed E-state index contributed by atoms with van der Waals surface area (Å²) < 4.78 is 0. The highest BCUT2D eigenvalue weighted by molar-refractivity contribution is 7.62. The van der Waals surface area contributed by atoms with Gasteiger partial charge in [0.2, 0.25) is 0 Å². The van der Waals surface area contributed by atoms with E-state index < -0.39 is 0 Å². The second-order valence-corrected chi connectivity index (χ2v) is 19.9. The summed E-state index contributed by atoms with van der Waals surface area (Å²) in [6.07, 6.45) is 20.2. The van der Waals surface area contributed by atoms with Gasteiger partial charge in [0.15, 0.2) is 0 Å². The van der Waals surface area contributed by atoms with Crippen molar-refractivity contribution in [3.63, 3.8) is 0 Å². The Hall–Kier alpha value is 0.860. The summed E-state index contributed by atoms with van der Waals surface area (Å²) in [7, 11) is 0.253. The highest BCUT2D eigenvalue weighted by Gasteiger charge is 2.48. The summed E-state index contributed by atoms with van der Waals surface area (Å²) in [6.45, 7) is 18.0. The molecule has 0 bridgehead atoms. The van der Waals surface area contributed by atoms with Crippen molar-refractivity contribution in [2.45, 2.75) is 165 Å². The van der Waals surface area contributed by atoms with Gasteiger partial charge in [-0.25, -0.2) is 0 Å². The van der Waals surface area contributed by atoms with Crippen molar-refractivity contribution < 1.29 is 0 Å². The fourth-order valence-corrected chi connectivity index (χ4v) is 18.2. The van der Waals surface area contributed by atoms with E-state index in [1.807, 2.05) is 0 Å². The largest absolute Gasteiger partial charge is 0.0968 e. The number of hydrogen-bond acceptors (Lipinski definition) is 0. The van der Waals surface area contributed by atoms with Crippen LogP contribution in [0, 0.1) is 5.92 Å². The van der Waals surface area contributed by atoms with Crippen molar-refractivity contribution in [1.82, 2.24) is 0 Å². The molecule has 0 aromatic heterocycles. The van der Waals surface area contributed by atoms with Crippen LogP contribution in [-0.2, 0) is 0 Å². The van der Waals surface area contributed by atoms with Crippen LogP contribution in [0.15, 0.2) is 0 Å². The average Bonchev–Trinajstić information content (AvgIpc) is 3.11. The topological polar surface area (TPSA) is 0 Å². The molecule has 0 aromatic carbocycles. The molecule has 3 atom stereocenters. The predicted octanol–water partition coefficient (Wildman–Crippen LogP) is 9.77. The number of hydrogen-bond donors (Lipinski definition) is 0. The molecular formula is C27H52P2. The Morgan fingerprint density at radius 3 is 1.45 bits per heavy atom. The first-order chi connectivity index (χ1) is 13.6. The molecule has 0 N–H and O–H groups in total. The van der Waals surface area contributed by atoms with Gasteiger partial charge in [0.25, 0.3) is 0 Å². The Kier molecular flexibility index (Phi) is 8.62. The molecule has 0 aliphatic heterocycles. The molecule has 3 saturated carbocycles. The molecule has 3 rings (SSSR count). The Morgan fingerprint density at radius 1 is 0.586 bits per heavy atom. The molecule has 0 spiro atoms. The van der Waals surface area contributed by atoms with E-state index in [1.54, 1.807) is 64.2 Å². The molecule has 0 aromatic rings. The molecule has 0 amide bonds. The summed E-state index contributed by atoms with van der Waals surface area (Å²) in [4.78, 5) is 0. The van der Waals surface area contributed by atoms with E-state index in [1.165, 1.54) is 19.3 Å². The van der Waals surface area contributed by atoms with E-state index in [-0.39, 0.29) is 15.8 Å². The third-order valence-corrected chi connectivity index (χ3v) is 16.6. The lowest BCUT2D eigenvalue weighted by Gasteiger charge is -2.51. The van der Waals surface area contributed by atoms with Crippen LogP contribution < -0.4 is 0 Å². The maximum Gasteiger partial charge on any atom is -0.0170 e. The van der Waals surface area contributed by atoms with E-state index in [0.29, 0.717) is 10.3 Å². The second-order valence-electron chi connectivity index (χ2n) is 12.6. The van der Waals surface area contributed by atoms with E-state index >= 15 is 0 Å². The zero-order valence-electron chi connectivity index (χ0n) is 21.0. The molecule has 0 nitrogen and oxygen atoms in total. The number of rotatable bonds is 5. The summed E-state index contributed by atoms with van der Waals surface area (Å²) >= 11 is 0. The third kappa shape index (κ3) is 6.01. The van der Waals surface area contributed by atoms with E-state index in [2.05, 4.69) is 48.5 Å². The van der Waals surface area contributed by atoms with Crippen molar-refractivity contribution in [2.24, 2.45) is 5.92 Å². The van der Waals surface area contributed by atoms with Crippen LogP contribution in [0.2, 0.25) is 0 Å². The van der Waals surface area contributed by atoms with Crippen LogP contribution in [0.1, 0.15) is 132 Å². The van der Waals surface area contributed by atoms with Gasteiger partial charge in [-0.05, 0) is 77.4 Å². The smallest absolute Gasteiger partial charge is 0.0170 e. The standard InChI is InChI=1S/C27H52P2/c1-21(29(26(2,3)4)27(5,6)7)24-19-14-20-25(24)28(22-15-10-8-11-16-22)23-17-12-9-13-18-23/h21-25H,8-20H2,1-7H3/t21-,24+,25?/m0/s1. The lowest BCUT2D eigenvalue weighted by atomic mass is 9.99. The lowest BCUT2D eigenvalue weighted by molar-refractivity contribution is 0.466. The summed E-state index contributed by atoms with van der Waals surface area (Å²) in [6, 6.07) is 0. The van der Waals surface area contributed by atoms with Gasteiger partial charge < -0.3 is 0 Å². The Balaban J connectivity index is 1.86. The maximum atomic E-state index is 2.71. The van der Waals surface area contributed by atoms with E-state index in [9.17, 15) is 0 Å². The van der Waals surface area contributed by atoms with Crippen LogP contribution >= 0.6 is 15.8 Å². The quantitative estimate of drug-likeness (QED) is 0.375. The molecule has 2 heteroatoms. The molecular weight excluding hydrogens is 386 g/mol. The monoisotopic (exact) mass is 438 g/mol. The fraction of sp³-hybridized carbons (Fsp3) is 1.00. The molecule has 0 saturated heterocycles. The first-order valence-corrected chi connectivity index (χ1v) is 16.1. The van der Waals surface area contributed by atoms with E-state index in [4.69, 9.17) is 0 Å². The van der Waals surface area contributed by atoms with Crippen molar-refractivity contribution in [2.75, 3.05) is 0 Å². The molecule has 3 fully saturated rings. The predicted molar refractivity (Wildman–Crippen MR) is 138 cm³/mol. The van der Waals surface area contributed by atoms with Crippen molar-refractivity contribution in [3.8, 4) is 0 Å². The van der Waals surface area contributed by atoms with Crippen LogP contribution in [-0.4, -0.2) is 32.9 Å². The van der Waals surface area contributed by atoms with Gasteiger partial charge >= 0.3 is 0 Å². The lowest BCUT2D eigenvalue weighted by Crippen LogP contribution is -2.37. The fourth-order valence-electron chi connectivity index (χ4n) is 7.92. The van der Waals surface area contributed by atoms with Gasteiger partial charge in [0.05, 0.1) is 0 Å². The third-order valence-electron chi connectivity index (χ3n) is 8.38. The van der Waals surface area contributed by atoms with Crippen LogP contribution in [0.3, 0.4) is 0 Å². The summed E-state index contributed by atoms with van der Waals surface area (Å²) in [5, 5.41) is 0.942. The van der Waals surface area contributed by atoms with Crippen LogP contribution in [0.5, 0.6) is 0 Å². The minimum atomic E-state index is 0.00912. The van der Waals surface area contributed by atoms with Crippen molar-refractivity contribution in [1.29, 1.82) is 0 Å². The molecule has 170 valence electrons. The average molecular weight is 439 g/mol. The normalized spacial score (nSPS) is 29.7. The van der Waals surface area contributed by atoms with Crippen LogP contribution in [0.25, 0.3) is 0 Å². The van der Waals surface area contributed by atoms with Crippen molar-refractivity contribution in [3.05, 3.63) is 0 Å². The molecule has 1 unspecified atom stereocenters.